The number of Topliss-reactive ketones (excluding diaryl/α,β-unsaturated/α-hetero) is 1. The number of ether oxygens (including phenoxy) is 1. The summed E-state index contributed by atoms with van der Waals surface area (Å²) in [5.41, 5.74) is 2.76. The topological polar surface area (TPSA) is 57.0 Å². The highest BCUT2D eigenvalue weighted by molar-refractivity contribution is 8.00. The van der Waals surface area contributed by atoms with Gasteiger partial charge in [-0.3, -0.25) is 9.36 Å². The average Bonchev–Trinajstić information content (AvgIpc) is 3.10. The number of aryl methyl sites for hydroxylation is 1. The van der Waals surface area contributed by atoms with E-state index in [0.717, 1.165) is 17.0 Å². The maximum atomic E-state index is 12.6. The van der Waals surface area contributed by atoms with Gasteiger partial charge in [0.25, 0.3) is 0 Å². The minimum absolute atomic E-state index is 0.0780. The normalized spacial score (nSPS) is 12.0. The molecule has 3 rings (SSSR count). The van der Waals surface area contributed by atoms with Gasteiger partial charge < -0.3 is 4.74 Å². The summed E-state index contributed by atoms with van der Waals surface area (Å²) < 4.78 is 7.04. The van der Waals surface area contributed by atoms with Crippen LogP contribution in [0, 0.1) is 6.92 Å². The summed E-state index contributed by atoms with van der Waals surface area (Å²) in [6, 6.07) is 15.2. The fourth-order valence-corrected chi connectivity index (χ4v) is 3.31. The molecule has 0 saturated heterocycles. The SMILES string of the molecule is COc1ccc(-n2cnnc2SC(C)C(=O)c2ccc(C)cc2)cc1. The second kappa shape index (κ2) is 7.53. The van der Waals surface area contributed by atoms with Gasteiger partial charge in [0.1, 0.15) is 12.1 Å². The predicted molar refractivity (Wildman–Crippen MR) is 98.7 cm³/mol. The molecule has 0 aliphatic rings. The number of carbonyl (C=O) groups is 1. The van der Waals surface area contributed by atoms with E-state index in [1.807, 2.05) is 66.9 Å². The number of methoxy groups -OCH3 is 1. The molecular weight excluding hydrogens is 334 g/mol. The Morgan fingerprint density at radius 1 is 1.12 bits per heavy atom. The van der Waals surface area contributed by atoms with Gasteiger partial charge in [-0.2, -0.15) is 0 Å². The number of aromatic nitrogens is 3. The van der Waals surface area contributed by atoms with Gasteiger partial charge in [-0.15, -0.1) is 10.2 Å². The molecule has 6 heteroatoms. The Labute approximate surface area is 151 Å². The number of hydrogen-bond acceptors (Lipinski definition) is 5. The molecular formula is C19H19N3O2S. The zero-order valence-corrected chi connectivity index (χ0v) is 15.2. The Kier molecular flexibility index (Phi) is 5.19. The van der Waals surface area contributed by atoms with Crippen molar-refractivity contribution in [2.24, 2.45) is 0 Å². The van der Waals surface area contributed by atoms with Gasteiger partial charge in [-0.1, -0.05) is 41.6 Å². The number of rotatable bonds is 6. The Morgan fingerprint density at radius 2 is 1.80 bits per heavy atom. The number of nitrogens with zero attached hydrogens (tertiary/aromatic N) is 3. The smallest absolute Gasteiger partial charge is 0.196 e. The highest BCUT2D eigenvalue weighted by Crippen LogP contribution is 2.26. The summed E-state index contributed by atoms with van der Waals surface area (Å²) in [4.78, 5) is 12.6. The van der Waals surface area contributed by atoms with Gasteiger partial charge >= 0.3 is 0 Å². The second-order valence-electron chi connectivity index (χ2n) is 5.67. The van der Waals surface area contributed by atoms with Gasteiger partial charge in [0.05, 0.1) is 12.4 Å². The third-order valence-electron chi connectivity index (χ3n) is 3.85. The van der Waals surface area contributed by atoms with E-state index < -0.39 is 0 Å². The molecule has 0 spiro atoms. The number of benzene rings is 2. The Balaban J connectivity index is 1.78. The first-order chi connectivity index (χ1) is 12.1. The molecule has 0 radical (unpaired) electrons. The van der Waals surface area contributed by atoms with Gasteiger partial charge in [0, 0.05) is 11.3 Å². The predicted octanol–water partition coefficient (Wildman–Crippen LogP) is 3.95. The molecule has 1 aromatic heterocycles. The number of ketones is 1. The number of carbonyl (C=O) groups excluding carboxylic acids is 1. The molecule has 0 bridgehead atoms. The lowest BCUT2D eigenvalue weighted by Gasteiger charge is -2.11. The first-order valence-electron chi connectivity index (χ1n) is 7.90. The van der Waals surface area contributed by atoms with Crippen LogP contribution in [-0.2, 0) is 0 Å². The number of hydrogen-bond donors (Lipinski definition) is 0. The van der Waals surface area contributed by atoms with E-state index in [9.17, 15) is 4.79 Å². The molecule has 25 heavy (non-hydrogen) atoms. The maximum absolute atomic E-state index is 12.6. The molecule has 128 valence electrons. The summed E-state index contributed by atoms with van der Waals surface area (Å²) in [5, 5.41) is 8.56. The summed E-state index contributed by atoms with van der Waals surface area (Å²) >= 11 is 1.40. The summed E-state index contributed by atoms with van der Waals surface area (Å²) in [6.45, 7) is 3.89. The quantitative estimate of drug-likeness (QED) is 0.496. The summed E-state index contributed by atoms with van der Waals surface area (Å²) in [5.74, 6) is 0.864. The molecule has 0 aliphatic carbocycles. The van der Waals surface area contributed by atoms with Crippen molar-refractivity contribution in [2.45, 2.75) is 24.3 Å². The molecule has 0 amide bonds. The third kappa shape index (κ3) is 3.91. The monoisotopic (exact) mass is 353 g/mol. The van der Waals surface area contributed by atoms with Crippen LogP contribution in [0.4, 0.5) is 0 Å². The van der Waals surface area contributed by atoms with Crippen LogP contribution in [0.3, 0.4) is 0 Å². The van der Waals surface area contributed by atoms with Crippen LogP contribution in [0.15, 0.2) is 60.0 Å². The minimum atomic E-state index is -0.260. The highest BCUT2D eigenvalue weighted by atomic mass is 32.2. The fraction of sp³-hybridized carbons (Fsp3) is 0.211. The van der Waals surface area contributed by atoms with Crippen LogP contribution in [0.25, 0.3) is 5.69 Å². The van der Waals surface area contributed by atoms with Crippen LogP contribution in [0.5, 0.6) is 5.75 Å². The van der Waals surface area contributed by atoms with Crippen LogP contribution < -0.4 is 4.74 Å². The Morgan fingerprint density at radius 3 is 2.44 bits per heavy atom. The molecule has 0 saturated carbocycles. The van der Waals surface area contributed by atoms with Crippen molar-refractivity contribution >= 4 is 17.5 Å². The van der Waals surface area contributed by atoms with Gasteiger partial charge in [-0.05, 0) is 38.1 Å². The third-order valence-corrected chi connectivity index (χ3v) is 4.91. The van der Waals surface area contributed by atoms with Crippen molar-refractivity contribution < 1.29 is 9.53 Å². The maximum Gasteiger partial charge on any atom is 0.196 e. The van der Waals surface area contributed by atoms with Crippen molar-refractivity contribution in [1.82, 2.24) is 14.8 Å². The van der Waals surface area contributed by atoms with Crippen molar-refractivity contribution in [2.75, 3.05) is 7.11 Å². The Bertz CT molecular complexity index is 857. The first-order valence-corrected chi connectivity index (χ1v) is 8.78. The fourth-order valence-electron chi connectivity index (χ4n) is 2.39. The van der Waals surface area contributed by atoms with E-state index in [-0.39, 0.29) is 11.0 Å². The first kappa shape index (κ1) is 17.2. The second-order valence-corrected chi connectivity index (χ2v) is 6.98. The van der Waals surface area contributed by atoms with Crippen LogP contribution in [-0.4, -0.2) is 32.9 Å². The molecule has 1 heterocycles. The zero-order chi connectivity index (χ0) is 17.8. The summed E-state index contributed by atoms with van der Waals surface area (Å²) in [6.07, 6.45) is 1.65. The molecule has 3 aromatic rings. The van der Waals surface area contributed by atoms with E-state index in [1.54, 1.807) is 13.4 Å². The van der Waals surface area contributed by atoms with Gasteiger partial charge in [-0.25, -0.2) is 0 Å². The molecule has 0 fully saturated rings. The van der Waals surface area contributed by atoms with E-state index in [0.29, 0.717) is 10.7 Å². The van der Waals surface area contributed by atoms with E-state index in [1.165, 1.54) is 11.8 Å². The standard InChI is InChI=1S/C19H19N3O2S/c1-13-4-6-15(7-5-13)18(23)14(2)25-19-21-20-12-22(19)16-8-10-17(24-3)11-9-16/h4-12,14H,1-3H3. The van der Waals surface area contributed by atoms with Gasteiger partial charge in [0.15, 0.2) is 10.9 Å². The van der Waals surface area contributed by atoms with Gasteiger partial charge in [0.2, 0.25) is 0 Å². The lowest BCUT2D eigenvalue weighted by Crippen LogP contribution is -2.14. The average molecular weight is 353 g/mol. The molecule has 0 aliphatic heterocycles. The van der Waals surface area contributed by atoms with Crippen molar-refractivity contribution in [3.63, 3.8) is 0 Å². The van der Waals surface area contributed by atoms with Crippen molar-refractivity contribution in [1.29, 1.82) is 0 Å². The largest absolute Gasteiger partial charge is 0.497 e. The molecule has 0 N–H and O–H groups in total. The van der Waals surface area contributed by atoms with Crippen molar-refractivity contribution in [3.8, 4) is 11.4 Å². The summed E-state index contributed by atoms with van der Waals surface area (Å²) in [7, 11) is 1.63. The molecule has 5 nitrogen and oxygen atoms in total. The van der Waals surface area contributed by atoms with E-state index >= 15 is 0 Å². The van der Waals surface area contributed by atoms with E-state index in [4.69, 9.17) is 4.74 Å². The van der Waals surface area contributed by atoms with E-state index in [2.05, 4.69) is 10.2 Å². The minimum Gasteiger partial charge on any atom is -0.497 e. The lowest BCUT2D eigenvalue weighted by atomic mass is 10.1. The van der Waals surface area contributed by atoms with Crippen molar-refractivity contribution in [3.05, 3.63) is 66.0 Å². The van der Waals surface area contributed by atoms with Crippen LogP contribution in [0.1, 0.15) is 22.8 Å². The highest BCUT2D eigenvalue weighted by Gasteiger charge is 2.19. The van der Waals surface area contributed by atoms with Crippen LogP contribution in [0.2, 0.25) is 0 Å². The van der Waals surface area contributed by atoms with Crippen LogP contribution >= 0.6 is 11.8 Å². The molecule has 1 unspecified atom stereocenters. The molecule has 2 aromatic carbocycles. The lowest BCUT2D eigenvalue weighted by molar-refractivity contribution is 0.0994. The Hall–Kier alpha value is -2.60. The number of thioether (sulfide) groups is 1. The zero-order valence-electron chi connectivity index (χ0n) is 14.3. The molecule has 1 atom stereocenters.